The van der Waals surface area contributed by atoms with Crippen molar-refractivity contribution >= 4 is 35.1 Å². The van der Waals surface area contributed by atoms with Gasteiger partial charge in [-0.1, -0.05) is 11.6 Å². The van der Waals surface area contributed by atoms with Crippen LogP contribution in [-0.2, 0) is 6.18 Å². The van der Waals surface area contributed by atoms with E-state index in [1.54, 1.807) is 24.1 Å². The fourth-order valence-corrected chi connectivity index (χ4v) is 3.91. The number of benzene rings is 1. The zero-order valence-electron chi connectivity index (χ0n) is 14.5. The molecule has 1 fully saturated rings. The molecule has 1 aromatic heterocycles. The predicted octanol–water partition coefficient (Wildman–Crippen LogP) is 4.17. The third-order valence-corrected chi connectivity index (χ3v) is 5.44. The van der Waals surface area contributed by atoms with Gasteiger partial charge in [0.15, 0.2) is 0 Å². The summed E-state index contributed by atoms with van der Waals surface area (Å²) in [4.78, 5) is 6.78. The number of hydrogen-bond acceptors (Lipinski definition) is 6. The molecular formula is C17H18ClF3N4OS. The summed E-state index contributed by atoms with van der Waals surface area (Å²) in [7, 11) is 1.58. The van der Waals surface area contributed by atoms with Crippen molar-refractivity contribution in [2.24, 2.45) is 0 Å². The average molecular weight is 419 g/mol. The zero-order chi connectivity index (χ0) is 19.6. The summed E-state index contributed by atoms with van der Waals surface area (Å²) in [6.45, 7) is 2.37. The predicted molar refractivity (Wildman–Crippen MR) is 101 cm³/mol. The second-order valence-electron chi connectivity index (χ2n) is 5.95. The van der Waals surface area contributed by atoms with Gasteiger partial charge >= 0.3 is 6.18 Å². The monoisotopic (exact) mass is 418 g/mol. The number of anilines is 2. The van der Waals surface area contributed by atoms with E-state index in [1.807, 2.05) is 6.07 Å². The number of alkyl halides is 3. The van der Waals surface area contributed by atoms with E-state index in [0.717, 1.165) is 17.0 Å². The molecule has 0 amide bonds. The summed E-state index contributed by atoms with van der Waals surface area (Å²) in [5, 5.41) is -0.164. The molecule has 2 N–H and O–H groups in total. The maximum Gasteiger partial charge on any atom is 0.416 e. The van der Waals surface area contributed by atoms with E-state index in [9.17, 15) is 13.2 Å². The molecule has 3 rings (SSSR count). The largest absolute Gasteiger partial charge is 0.495 e. The van der Waals surface area contributed by atoms with Crippen molar-refractivity contribution < 1.29 is 17.9 Å². The number of hydrogen-bond donors (Lipinski definition) is 1. The Morgan fingerprint density at radius 2 is 1.85 bits per heavy atom. The summed E-state index contributed by atoms with van der Waals surface area (Å²) in [6, 6.07) is 7.32. The molecule has 1 aromatic carbocycles. The van der Waals surface area contributed by atoms with Gasteiger partial charge < -0.3 is 15.4 Å². The Hall–Kier alpha value is -1.84. The molecule has 1 aliphatic heterocycles. The Bertz CT molecular complexity index is 813. The van der Waals surface area contributed by atoms with Gasteiger partial charge in [-0.15, -0.1) is 0 Å². The second kappa shape index (κ2) is 8.04. The highest BCUT2D eigenvalue weighted by molar-refractivity contribution is 7.97. The molecule has 0 atom stereocenters. The normalized spacial score (nSPS) is 15.8. The molecule has 0 bridgehead atoms. The standard InChI is InChI=1S/C17H18ClF3N4OS/c1-26-13-10-12(22)2-3-14(13)27-25-6-4-24(5-7-25)16-9-11(17(19,20)21)8-15(18)23-16/h2-3,8-10H,4-7,22H2,1H3. The van der Waals surface area contributed by atoms with Crippen molar-refractivity contribution in [1.82, 2.24) is 9.29 Å². The molecule has 1 saturated heterocycles. The highest BCUT2D eigenvalue weighted by Crippen LogP contribution is 2.35. The average Bonchev–Trinajstić information content (AvgIpc) is 2.62. The number of rotatable bonds is 4. The van der Waals surface area contributed by atoms with Crippen molar-refractivity contribution in [3.63, 3.8) is 0 Å². The molecule has 0 unspecified atom stereocenters. The summed E-state index contributed by atoms with van der Waals surface area (Å²) in [5.74, 6) is 0.929. The molecule has 1 aliphatic rings. The van der Waals surface area contributed by atoms with Gasteiger partial charge in [-0.25, -0.2) is 9.29 Å². The summed E-state index contributed by atoms with van der Waals surface area (Å²) < 4.78 is 46.4. The Labute approximate surface area is 164 Å². The van der Waals surface area contributed by atoms with E-state index >= 15 is 0 Å². The molecule has 0 saturated carbocycles. The topological polar surface area (TPSA) is 54.6 Å². The highest BCUT2D eigenvalue weighted by Gasteiger charge is 2.32. The lowest BCUT2D eigenvalue weighted by atomic mass is 10.2. The number of halogens is 4. The Balaban J connectivity index is 1.67. The van der Waals surface area contributed by atoms with Crippen LogP contribution in [0.1, 0.15) is 5.56 Å². The van der Waals surface area contributed by atoms with Gasteiger partial charge in [0, 0.05) is 37.9 Å². The third kappa shape index (κ3) is 4.91. The molecule has 5 nitrogen and oxygen atoms in total. The van der Waals surface area contributed by atoms with Crippen molar-refractivity contribution in [2.45, 2.75) is 11.1 Å². The maximum absolute atomic E-state index is 13.0. The van der Waals surface area contributed by atoms with Gasteiger partial charge in [0.1, 0.15) is 16.7 Å². The molecule has 10 heteroatoms. The lowest BCUT2D eigenvalue weighted by molar-refractivity contribution is -0.137. The van der Waals surface area contributed by atoms with E-state index in [-0.39, 0.29) is 11.0 Å². The van der Waals surface area contributed by atoms with E-state index in [4.69, 9.17) is 22.1 Å². The third-order valence-electron chi connectivity index (χ3n) is 4.09. The molecule has 0 spiro atoms. The lowest BCUT2D eigenvalue weighted by Gasteiger charge is -2.35. The number of aromatic nitrogens is 1. The molecule has 0 aliphatic carbocycles. The van der Waals surface area contributed by atoms with Gasteiger partial charge in [0.05, 0.1) is 17.6 Å². The van der Waals surface area contributed by atoms with Gasteiger partial charge in [-0.05, 0) is 36.2 Å². The van der Waals surface area contributed by atoms with Crippen LogP contribution in [0.4, 0.5) is 24.7 Å². The Morgan fingerprint density at radius 1 is 1.15 bits per heavy atom. The number of pyridine rings is 1. The number of ether oxygens (including phenoxy) is 1. The van der Waals surface area contributed by atoms with E-state index in [0.29, 0.717) is 37.6 Å². The Kier molecular flexibility index (Phi) is 5.92. The van der Waals surface area contributed by atoms with Crippen molar-refractivity contribution in [3.8, 4) is 5.75 Å². The first-order chi connectivity index (χ1) is 12.8. The minimum absolute atomic E-state index is 0.164. The van der Waals surface area contributed by atoms with Crippen LogP contribution >= 0.6 is 23.5 Å². The minimum atomic E-state index is -4.45. The second-order valence-corrected chi connectivity index (χ2v) is 7.48. The first kappa shape index (κ1) is 19.9. The fourth-order valence-electron chi connectivity index (χ4n) is 2.72. The number of nitrogens with zero attached hydrogens (tertiary/aromatic N) is 3. The van der Waals surface area contributed by atoms with Crippen molar-refractivity contribution in [2.75, 3.05) is 43.9 Å². The Morgan fingerprint density at radius 3 is 2.48 bits per heavy atom. The molecule has 2 heterocycles. The van der Waals surface area contributed by atoms with Crippen LogP contribution in [0, 0.1) is 0 Å². The van der Waals surface area contributed by atoms with Crippen LogP contribution < -0.4 is 15.4 Å². The van der Waals surface area contributed by atoms with Crippen LogP contribution in [0.25, 0.3) is 0 Å². The SMILES string of the molecule is COc1cc(N)ccc1SN1CCN(c2cc(C(F)(F)F)cc(Cl)n2)CC1. The number of piperazine rings is 1. The first-order valence-corrected chi connectivity index (χ1v) is 9.27. The highest BCUT2D eigenvalue weighted by atomic mass is 35.5. The lowest BCUT2D eigenvalue weighted by Crippen LogP contribution is -2.43. The summed E-state index contributed by atoms with van der Waals surface area (Å²) >= 11 is 7.31. The number of nitrogen functional groups attached to an aromatic ring is 1. The summed E-state index contributed by atoms with van der Waals surface area (Å²) in [6.07, 6.45) is -4.45. The van der Waals surface area contributed by atoms with Crippen LogP contribution in [0.5, 0.6) is 5.75 Å². The molecular weight excluding hydrogens is 401 g/mol. The van der Waals surface area contributed by atoms with Gasteiger partial charge in [0.25, 0.3) is 0 Å². The van der Waals surface area contributed by atoms with Crippen LogP contribution in [-0.4, -0.2) is 42.6 Å². The number of methoxy groups -OCH3 is 1. The molecule has 27 heavy (non-hydrogen) atoms. The molecule has 0 radical (unpaired) electrons. The van der Waals surface area contributed by atoms with Gasteiger partial charge in [-0.3, -0.25) is 0 Å². The van der Waals surface area contributed by atoms with Gasteiger partial charge in [-0.2, -0.15) is 13.2 Å². The van der Waals surface area contributed by atoms with E-state index in [1.165, 1.54) is 11.9 Å². The molecule has 146 valence electrons. The first-order valence-electron chi connectivity index (χ1n) is 8.12. The van der Waals surface area contributed by atoms with Crippen LogP contribution in [0.2, 0.25) is 5.15 Å². The van der Waals surface area contributed by atoms with Gasteiger partial charge in [0.2, 0.25) is 0 Å². The van der Waals surface area contributed by atoms with Crippen LogP contribution in [0.15, 0.2) is 35.2 Å². The zero-order valence-corrected chi connectivity index (χ0v) is 16.0. The minimum Gasteiger partial charge on any atom is -0.495 e. The van der Waals surface area contributed by atoms with E-state index < -0.39 is 11.7 Å². The quantitative estimate of drug-likeness (QED) is 0.457. The maximum atomic E-state index is 13.0. The summed E-state index contributed by atoms with van der Waals surface area (Å²) in [5.41, 5.74) is 5.59. The number of nitrogens with two attached hydrogens (primary N) is 1. The smallest absolute Gasteiger partial charge is 0.416 e. The van der Waals surface area contributed by atoms with Crippen molar-refractivity contribution in [1.29, 1.82) is 0 Å². The van der Waals surface area contributed by atoms with Crippen LogP contribution in [0.3, 0.4) is 0 Å². The molecule has 2 aromatic rings. The van der Waals surface area contributed by atoms with E-state index in [2.05, 4.69) is 9.29 Å². The van der Waals surface area contributed by atoms with Crippen molar-refractivity contribution in [3.05, 3.63) is 41.0 Å². The fraction of sp³-hybridized carbons (Fsp3) is 0.353.